The van der Waals surface area contributed by atoms with Crippen LogP contribution in [-0.4, -0.2) is 6.03 Å². The molecule has 0 aromatic heterocycles. The monoisotopic (exact) mass is 306 g/mol. The second-order valence-electron chi connectivity index (χ2n) is 4.57. The summed E-state index contributed by atoms with van der Waals surface area (Å²) in [6.45, 7) is 1.95. The fraction of sp³-hybridized carbons (Fsp3) is 0.0625. The van der Waals surface area contributed by atoms with Gasteiger partial charge in [0, 0.05) is 6.20 Å². The molecule has 3 nitrogen and oxygen atoms in total. The van der Waals surface area contributed by atoms with E-state index in [4.69, 9.17) is 0 Å². The van der Waals surface area contributed by atoms with Crippen molar-refractivity contribution in [2.75, 3.05) is 5.32 Å². The minimum Gasteiger partial charge on any atom is -0.314 e. The lowest BCUT2D eigenvalue weighted by Gasteiger charge is -2.06. The Morgan fingerprint density at radius 2 is 1.68 bits per heavy atom. The van der Waals surface area contributed by atoms with Crippen LogP contribution in [0.3, 0.4) is 0 Å². The van der Waals surface area contributed by atoms with Gasteiger partial charge in [0.05, 0.1) is 5.69 Å². The summed E-state index contributed by atoms with van der Waals surface area (Å²) in [7, 11) is 0. The number of carbonyl (C=O) groups excluding carboxylic acids is 1. The Morgan fingerprint density at radius 3 is 2.36 bits per heavy atom. The first-order valence-corrected chi connectivity index (χ1v) is 6.41. The number of amides is 2. The molecule has 2 aromatic carbocycles. The van der Waals surface area contributed by atoms with Crippen LogP contribution in [0.2, 0.25) is 0 Å². The molecular weight excluding hydrogens is 293 g/mol. The molecule has 0 aliphatic rings. The summed E-state index contributed by atoms with van der Waals surface area (Å²) in [5.41, 5.74) is 1.53. The molecule has 2 N–H and O–H groups in total. The lowest BCUT2D eigenvalue weighted by Crippen LogP contribution is -2.24. The summed E-state index contributed by atoms with van der Waals surface area (Å²) in [5, 5.41) is 4.43. The zero-order chi connectivity index (χ0) is 16.1. The molecule has 0 aliphatic heterocycles. The van der Waals surface area contributed by atoms with Gasteiger partial charge in [-0.15, -0.1) is 0 Å². The number of aryl methyl sites for hydroxylation is 1. The first kappa shape index (κ1) is 15.6. The Morgan fingerprint density at radius 1 is 1.00 bits per heavy atom. The minimum absolute atomic E-state index is 0.444. The summed E-state index contributed by atoms with van der Waals surface area (Å²) in [6.07, 6.45) is 3.00. The molecule has 114 valence electrons. The highest BCUT2D eigenvalue weighted by Crippen LogP contribution is 2.19. The Bertz CT molecular complexity index is 712. The molecule has 0 heterocycles. The Kier molecular flexibility index (Phi) is 4.83. The SMILES string of the molecule is Cc1ccc(/C=C/NC(=O)Nc2ccc(F)c(F)c2F)cc1. The normalized spacial score (nSPS) is 10.7. The molecule has 0 bridgehead atoms. The lowest BCUT2D eigenvalue weighted by molar-refractivity contribution is 0.255. The molecule has 0 saturated carbocycles. The van der Waals surface area contributed by atoms with Crippen LogP contribution in [0.25, 0.3) is 6.08 Å². The van der Waals surface area contributed by atoms with E-state index in [1.165, 1.54) is 6.20 Å². The third-order valence-electron chi connectivity index (χ3n) is 2.85. The number of hydrogen-bond donors (Lipinski definition) is 2. The number of benzene rings is 2. The minimum atomic E-state index is -1.63. The highest BCUT2D eigenvalue weighted by Gasteiger charge is 2.14. The van der Waals surface area contributed by atoms with Gasteiger partial charge in [0.2, 0.25) is 0 Å². The molecule has 0 aliphatic carbocycles. The average Bonchev–Trinajstić information content (AvgIpc) is 2.50. The van der Waals surface area contributed by atoms with E-state index in [0.29, 0.717) is 0 Å². The Labute approximate surface area is 125 Å². The first-order valence-electron chi connectivity index (χ1n) is 6.41. The second kappa shape index (κ2) is 6.80. The summed E-state index contributed by atoms with van der Waals surface area (Å²) in [4.78, 5) is 11.5. The van der Waals surface area contributed by atoms with Gasteiger partial charge >= 0.3 is 6.03 Å². The standard InChI is InChI=1S/C16H13F3N2O/c1-10-2-4-11(5-3-10)8-9-20-16(22)21-13-7-6-12(17)14(18)15(13)19/h2-9H,1H3,(H2,20,21,22)/b9-8+. The van der Waals surface area contributed by atoms with Crippen molar-refractivity contribution in [3.63, 3.8) is 0 Å². The predicted octanol–water partition coefficient (Wildman–Crippen LogP) is 4.20. The number of hydrogen-bond acceptors (Lipinski definition) is 1. The van der Waals surface area contributed by atoms with Gasteiger partial charge in [0.15, 0.2) is 17.5 Å². The molecule has 6 heteroatoms. The average molecular weight is 306 g/mol. The molecule has 0 saturated heterocycles. The third kappa shape index (κ3) is 3.88. The molecule has 0 spiro atoms. The van der Waals surface area contributed by atoms with Crippen molar-refractivity contribution >= 4 is 17.8 Å². The van der Waals surface area contributed by atoms with E-state index in [1.807, 2.05) is 31.2 Å². The van der Waals surface area contributed by atoms with E-state index in [1.54, 1.807) is 6.08 Å². The van der Waals surface area contributed by atoms with E-state index >= 15 is 0 Å². The van der Waals surface area contributed by atoms with Crippen LogP contribution < -0.4 is 10.6 Å². The summed E-state index contributed by atoms with van der Waals surface area (Å²) >= 11 is 0. The number of rotatable bonds is 3. The van der Waals surface area contributed by atoms with Gasteiger partial charge in [0.25, 0.3) is 0 Å². The van der Waals surface area contributed by atoms with Gasteiger partial charge in [0.1, 0.15) is 0 Å². The van der Waals surface area contributed by atoms with Crippen LogP contribution in [0, 0.1) is 24.4 Å². The third-order valence-corrected chi connectivity index (χ3v) is 2.85. The van der Waals surface area contributed by atoms with Crippen LogP contribution in [0.1, 0.15) is 11.1 Å². The van der Waals surface area contributed by atoms with E-state index < -0.39 is 29.2 Å². The summed E-state index contributed by atoms with van der Waals surface area (Å²) in [6, 6.07) is 8.45. The molecule has 0 unspecified atom stereocenters. The molecule has 2 rings (SSSR count). The van der Waals surface area contributed by atoms with Crippen LogP contribution >= 0.6 is 0 Å². The molecule has 0 fully saturated rings. The maximum atomic E-state index is 13.4. The smallest absolute Gasteiger partial charge is 0.314 e. The highest BCUT2D eigenvalue weighted by atomic mass is 19.2. The van der Waals surface area contributed by atoms with E-state index in [2.05, 4.69) is 10.6 Å². The van der Waals surface area contributed by atoms with Crippen molar-refractivity contribution in [3.8, 4) is 0 Å². The van der Waals surface area contributed by atoms with E-state index in [-0.39, 0.29) is 0 Å². The van der Waals surface area contributed by atoms with Crippen LogP contribution in [-0.2, 0) is 0 Å². The van der Waals surface area contributed by atoms with Gasteiger partial charge in [-0.05, 0) is 30.7 Å². The molecule has 2 aromatic rings. The van der Waals surface area contributed by atoms with Crippen molar-refractivity contribution in [2.45, 2.75) is 6.92 Å². The number of anilines is 1. The Hall–Kier alpha value is -2.76. The highest BCUT2D eigenvalue weighted by molar-refractivity contribution is 5.90. The van der Waals surface area contributed by atoms with Gasteiger partial charge < -0.3 is 10.6 Å². The maximum Gasteiger partial charge on any atom is 0.323 e. The quantitative estimate of drug-likeness (QED) is 0.820. The Balaban J connectivity index is 1.96. The van der Waals surface area contributed by atoms with Gasteiger partial charge in [-0.25, -0.2) is 18.0 Å². The number of halogens is 3. The van der Waals surface area contributed by atoms with Crippen LogP contribution in [0.4, 0.5) is 23.7 Å². The van der Waals surface area contributed by atoms with Crippen molar-refractivity contribution in [1.82, 2.24) is 5.32 Å². The zero-order valence-electron chi connectivity index (χ0n) is 11.7. The van der Waals surface area contributed by atoms with E-state index in [0.717, 1.165) is 23.3 Å². The number of nitrogens with one attached hydrogen (secondary N) is 2. The van der Waals surface area contributed by atoms with E-state index in [9.17, 15) is 18.0 Å². The van der Waals surface area contributed by atoms with Crippen molar-refractivity contribution in [2.24, 2.45) is 0 Å². The van der Waals surface area contributed by atoms with Crippen LogP contribution in [0.15, 0.2) is 42.6 Å². The summed E-state index contributed by atoms with van der Waals surface area (Å²) in [5.74, 6) is -4.40. The molecule has 0 radical (unpaired) electrons. The van der Waals surface area contributed by atoms with Crippen molar-refractivity contribution in [1.29, 1.82) is 0 Å². The van der Waals surface area contributed by atoms with Gasteiger partial charge in [-0.2, -0.15) is 0 Å². The molecule has 22 heavy (non-hydrogen) atoms. The molecule has 2 amide bonds. The zero-order valence-corrected chi connectivity index (χ0v) is 11.7. The second-order valence-corrected chi connectivity index (χ2v) is 4.57. The van der Waals surface area contributed by atoms with Crippen molar-refractivity contribution in [3.05, 3.63) is 71.2 Å². The largest absolute Gasteiger partial charge is 0.323 e. The predicted molar refractivity (Wildman–Crippen MR) is 78.7 cm³/mol. The van der Waals surface area contributed by atoms with Gasteiger partial charge in [-0.3, -0.25) is 0 Å². The molecule has 0 atom stereocenters. The number of urea groups is 1. The first-order chi connectivity index (χ1) is 10.5. The summed E-state index contributed by atoms with van der Waals surface area (Å²) < 4.78 is 39.1. The van der Waals surface area contributed by atoms with Crippen LogP contribution in [0.5, 0.6) is 0 Å². The lowest BCUT2D eigenvalue weighted by atomic mass is 10.1. The fourth-order valence-corrected chi connectivity index (χ4v) is 1.67. The number of carbonyl (C=O) groups is 1. The molecular formula is C16H13F3N2O. The fourth-order valence-electron chi connectivity index (χ4n) is 1.67. The van der Waals surface area contributed by atoms with Gasteiger partial charge in [-0.1, -0.05) is 29.8 Å². The topological polar surface area (TPSA) is 41.1 Å². The maximum absolute atomic E-state index is 13.4. The van der Waals surface area contributed by atoms with Crippen molar-refractivity contribution < 1.29 is 18.0 Å².